The SMILES string of the molecule is CC(C)OC(=O)[C@H](C)N[P@](=O)(Oc1ccccc1)SCCN. The van der Waals surface area contributed by atoms with E-state index in [1.54, 1.807) is 45.0 Å². The van der Waals surface area contributed by atoms with Crippen LogP contribution < -0.4 is 15.3 Å². The lowest BCUT2D eigenvalue weighted by Crippen LogP contribution is -2.35. The summed E-state index contributed by atoms with van der Waals surface area (Å²) < 4.78 is 23.6. The van der Waals surface area contributed by atoms with Crippen molar-refractivity contribution in [3.63, 3.8) is 0 Å². The van der Waals surface area contributed by atoms with E-state index in [1.807, 2.05) is 6.07 Å². The van der Waals surface area contributed by atoms with Crippen LogP contribution in [0, 0.1) is 0 Å². The molecule has 0 heterocycles. The second-order valence-corrected chi connectivity index (χ2v) is 9.18. The largest absolute Gasteiger partial charge is 0.462 e. The van der Waals surface area contributed by atoms with Crippen molar-refractivity contribution in [2.24, 2.45) is 5.73 Å². The molecule has 6 nitrogen and oxygen atoms in total. The third-order valence-corrected chi connectivity index (χ3v) is 6.43. The van der Waals surface area contributed by atoms with Gasteiger partial charge in [0.05, 0.1) is 6.10 Å². The monoisotopic (exact) mass is 346 g/mol. The minimum absolute atomic E-state index is 0.233. The fraction of sp³-hybridized carbons (Fsp3) is 0.500. The van der Waals surface area contributed by atoms with E-state index in [0.717, 1.165) is 11.4 Å². The van der Waals surface area contributed by atoms with E-state index in [4.69, 9.17) is 15.0 Å². The Hall–Kier alpha value is -1.01. The third-order valence-electron chi connectivity index (χ3n) is 2.41. The zero-order chi connectivity index (χ0) is 16.6. The molecule has 0 aliphatic heterocycles. The summed E-state index contributed by atoms with van der Waals surface area (Å²) in [7, 11) is 0. The van der Waals surface area contributed by atoms with Gasteiger partial charge in [-0.15, -0.1) is 0 Å². The lowest BCUT2D eigenvalue weighted by molar-refractivity contribution is -0.148. The smallest absolute Gasteiger partial charge is 0.375 e. The van der Waals surface area contributed by atoms with Gasteiger partial charge in [0.2, 0.25) is 0 Å². The number of rotatable bonds is 9. The summed E-state index contributed by atoms with van der Waals surface area (Å²) in [5.74, 6) is 0.441. The number of carbonyl (C=O) groups excluding carboxylic acids is 1. The zero-order valence-corrected chi connectivity index (χ0v) is 14.7. The van der Waals surface area contributed by atoms with Crippen molar-refractivity contribution in [2.45, 2.75) is 32.9 Å². The van der Waals surface area contributed by atoms with Crippen molar-refractivity contribution in [3.8, 4) is 5.75 Å². The highest BCUT2D eigenvalue weighted by Crippen LogP contribution is 2.55. The second kappa shape index (κ2) is 9.20. The first-order chi connectivity index (χ1) is 10.4. The Morgan fingerprint density at radius 2 is 1.95 bits per heavy atom. The molecular weight excluding hydrogens is 323 g/mol. The molecule has 0 fully saturated rings. The maximum absolute atomic E-state index is 12.9. The first-order valence-corrected chi connectivity index (χ1v) is 10.3. The van der Waals surface area contributed by atoms with Gasteiger partial charge in [-0.25, -0.2) is 9.65 Å². The topological polar surface area (TPSA) is 90.6 Å². The van der Waals surface area contributed by atoms with Crippen LogP contribution in [-0.4, -0.2) is 30.4 Å². The molecule has 0 saturated carbocycles. The molecule has 8 heteroatoms. The molecule has 0 aliphatic carbocycles. The molecule has 0 bridgehead atoms. The minimum atomic E-state index is -3.33. The van der Waals surface area contributed by atoms with Crippen LogP contribution in [0.1, 0.15) is 20.8 Å². The molecule has 22 heavy (non-hydrogen) atoms. The number of hydrogen-bond acceptors (Lipinski definition) is 6. The Bertz CT molecular complexity index is 513. The Kier molecular flexibility index (Phi) is 7.96. The summed E-state index contributed by atoms with van der Waals surface area (Å²) in [6, 6.07) is 8.05. The highest BCUT2D eigenvalue weighted by molar-refractivity contribution is 8.56. The first kappa shape index (κ1) is 19.0. The van der Waals surface area contributed by atoms with Crippen LogP contribution in [0.15, 0.2) is 30.3 Å². The van der Waals surface area contributed by atoms with Gasteiger partial charge in [-0.2, -0.15) is 0 Å². The molecule has 0 spiro atoms. The molecular formula is C14H23N2O4PS. The van der Waals surface area contributed by atoms with E-state index in [9.17, 15) is 9.36 Å². The number of ether oxygens (including phenoxy) is 1. The fourth-order valence-corrected chi connectivity index (χ4v) is 5.16. The maximum atomic E-state index is 12.9. The van der Waals surface area contributed by atoms with Gasteiger partial charge in [0, 0.05) is 12.3 Å². The Labute approximate surface area is 135 Å². The van der Waals surface area contributed by atoms with Crippen molar-refractivity contribution >= 4 is 24.1 Å². The van der Waals surface area contributed by atoms with Gasteiger partial charge in [-0.05, 0) is 44.3 Å². The van der Waals surface area contributed by atoms with Crippen LogP contribution in [0.3, 0.4) is 0 Å². The van der Waals surface area contributed by atoms with E-state index in [-0.39, 0.29) is 6.10 Å². The molecule has 1 aromatic carbocycles. The van der Waals surface area contributed by atoms with E-state index >= 15 is 0 Å². The van der Waals surface area contributed by atoms with E-state index in [2.05, 4.69) is 5.09 Å². The molecule has 0 aromatic heterocycles. The average Bonchev–Trinajstić information content (AvgIpc) is 2.45. The number of carbonyl (C=O) groups is 1. The van der Waals surface area contributed by atoms with Gasteiger partial charge in [0.1, 0.15) is 11.8 Å². The zero-order valence-electron chi connectivity index (χ0n) is 13.0. The van der Waals surface area contributed by atoms with Crippen molar-refractivity contribution in [2.75, 3.05) is 12.3 Å². The Morgan fingerprint density at radius 3 is 2.50 bits per heavy atom. The summed E-state index contributed by atoms with van der Waals surface area (Å²) in [6.07, 6.45) is -0.233. The summed E-state index contributed by atoms with van der Waals surface area (Å²) in [5.41, 5.74) is 5.47. The highest BCUT2D eigenvalue weighted by atomic mass is 32.7. The van der Waals surface area contributed by atoms with Crippen LogP contribution in [0.25, 0.3) is 0 Å². The molecule has 3 N–H and O–H groups in total. The fourth-order valence-electron chi connectivity index (χ4n) is 1.51. The molecule has 0 saturated heterocycles. The van der Waals surface area contributed by atoms with Crippen molar-refractivity contribution in [1.82, 2.24) is 5.09 Å². The maximum Gasteiger partial charge on any atom is 0.375 e. The Morgan fingerprint density at radius 1 is 1.32 bits per heavy atom. The molecule has 0 aliphatic rings. The molecule has 124 valence electrons. The summed E-state index contributed by atoms with van der Waals surface area (Å²) in [6.45, 7) is 2.14. The summed E-state index contributed by atoms with van der Waals surface area (Å²) in [5, 5.41) is 2.75. The number of para-hydroxylation sites is 1. The van der Waals surface area contributed by atoms with Crippen molar-refractivity contribution in [1.29, 1.82) is 0 Å². The van der Waals surface area contributed by atoms with Gasteiger partial charge in [-0.3, -0.25) is 4.79 Å². The normalized spacial score (nSPS) is 15.1. The number of nitrogens with one attached hydrogen (secondary N) is 1. The molecule has 0 amide bonds. The standard InChI is InChI=1S/C14H23N2O4PS/c1-11(2)19-14(17)12(3)16-21(18,22-10-9-15)20-13-7-5-4-6-8-13/h4-8,11-12H,9-10,15H2,1-3H3,(H,16,18)/t12-,21-/m0/s1. The summed E-state index contributed by atoms with van der Waals surface area (Å²) in [4.78, 5) is 11.9. The molecule has 0 unspecified atom stereocenters. The van der Waals surface area contributed by atoms with Crippen LogP contribution in [-0.2, 0) is 14.1 Å². The van der Waals surface area contributed by atoms with Crippen LogP contribution >= 0.6 is 18.1 Å². The van der Waals surface area contributed by atoms with Gasteiger partial charge in [-0.1, -0.05) is 18.2 Å². The predicted molar refractivity (Wildman–Crippen MR) is 90.0 cm³/mol. The first-order valence-electron chi connectivity index (χ1n) is 7.04. The van der Waals surface area contributed by atoms with Crippen molar-refractivity contribution < 1.29 is 18.6 Å². The lowest BCUT2D eigenvalue weighted by Gasteiger charge is -2.23. The average molecular weight is 346 g/mol. The number of benzene rings is 1. The van der Waals surface area contributed by atoms with Crippen LogP contribution in [0.4, 0.5) is 0 Å². The summed E-state index contributed by atoms with van der Waals surface area (Å²) >= 11 is 1.07. The molecule has 1 rings (SSSR count). The number of nitrogens with two attached hydrogens (primary N) is 1. The van der Waals surface area contributed by atoms with Gasteiger partial charge >= 0.3 is 12.7 Å². The molecule has 0 radical (unpaired) electrons. The number of hydrogen-bond donors (Lipinski definition) is 2. The quantitative estimate of drug-likeness (QED) is 0.525. The lowest BCUT2D eigenvalue weighted by atomic mass is 10.3. The van der Waals surface area contributed by atoms with E-state index in [1.165, 1.54) is 0 Å². The van der Waals surface area contributed by atoms with Crippen LogP contribution in [0.2, 0.25) is 0 Å². The Balaban J connectivity index is 2.78. The van der Waals surface area contributed by atoms with E-state index in [0.29, 0.717) is 18.0 Å². The van der Waals surface area contributed by atoms with Crippen molar-refractivity contribution in [3.05, 3.63) is 30.3 Å². The second-order valence-electron chi connectivity index (χ2n) is 4.86. The van der Waals surface area contributed by atoms with Crippen LogP contribution in [0.5, 0.6) is 5.75 Å². The number of esters is 1. The predicted octanol–water partition coefficient (Wildman–Crippen LogP) is 2.80. The third kappa shape index (κ3) is 6.83. The minimum Gasteiger partial charge on any atom is -0.462 e. The van der Waals surface area contributed by atoms with Gasteiger partial charge < -0.3 is 15.0 Å². The van der Waals surface area contributed by atoms with Gasteiger partial charge in [0.25, 0.3) is 0 Å². The molecule has 2 atom stereocenters. The highest BCUT2D eigenvalue weighted by Gasteiger charge is 2.31. The van der Waals surface area contributed by atoms with E-state index < -0.39 is 18.7 Å². The van der Waals surface area contributed by atoms with Gasteiger partial charge in [0.15, 0.2) is 0 Å². The molecule has 1 aromatic rings.